The molecule has 0 aliphatic heterocycles. The summed E-state index contributed by atoms with van der Waals surface area (Å²) in [5.74, 6) is 0.811. The van der Waals surface area contributed by atoms with Gasteiger partial charge in [-0.2, -0.15) is 0 Å². The van der Waals surface area contributed by atoms with Crippen LogP contribution < -0.4 is 4.74 Å². The van der Waals surface area contributed by atoms with E-state index in [0.29, 0.717) is 6.42 Å². The maximum Gasteiger partial charge on any atom is 0.269 e. The normalized spacial score (nSPS) is 14.3. The van der Waals surface area contributed by atoms with Crippen LogP contribution in [0.5, 0.6) is 5.75 Å². The summed E-state index contributed by atoms with van der Waals surface area (Å²) in [6, 6.07) is 7.81. The molecular formula is C19H31FO2Si. The number of halogens is 1. The van der Waals surface area contributed by atoms with Gasteiger partial charge in [0.15, 0.2) is 0 Å². The second-order valence-electron chi connectivity index (χ2n) is 6.47. The monoisotopic (exact) mass is 338 g/mol. The van der Waals surface area contributed by atoms with Gasteiger partial charge in [0.25, 0.3) is 8.41 Å². The lowest BCUT2D eigenvalue weighted by molar-refractivity contribution is 0.0165. The van der Waals surface area contributed by atoms with Crippen molar-refractivity contribution in [2.75, 3.05) is 7.11 Å². The number of unbranched alkanes of at least 4 members (excludes halogenated alkanes) is 2. The molecule has 0 aliphatic rings. The molecule has 0 N–H and O–H groups in total. The molecule has 4 heteroatoms. The van der Waals surface area contributed by atoms with Crippen molar-refractivity contribution in [2.45, 2.75) is 64.0 Å². The number of ether oxygens (including phenoxy) is 2. The summed E-state index contributed by atoms with van der Waals surface area (Å²) in [5.41, 5.74) is 0.769. The molecule has 0 unspecified atom stereocenters. The van der Waals surface area contributed by atoms with Crippen LogP contribution >= 0.6 is 0 Å². The fourth-order valence-electron chi connectivity index (χ4n) is 2.59. The Bertz CT molecular complexity index is 453. The molecule has 0 saturated carbocycles. The fraction of sp³-hybridized carbons (Fsp3) is 0.579. The van der Waals surface area contributed by atoms with Gasteiger partial charge >= 0.3 is 0 Å². The van der Waals surface area contributed by atoms with E-state index in [9.17, 15) is 4.11 Å². The number of methoxy groups -OCH3 is 1. The van der Waals surface area contributed by atoms with Gasteiger partial charge in [-0.05, 0) is 43.6 Å². The quantitative estimate of drug-likeness (QED) is 0.213. The molecule has 2 atom stereocenters. The molecule has 0 bridgehead atoms. The van der Waals surface area contributed by atoms with Crippen LogP contribution in [0.1, 0.15) is 50.7 Å². The average Bonchev–Trinajstić information content (AvgIpc) is 2.52. The van der Waals surface area contributed by atoms with Crippen molar-refractivity contribution in [3.63, 3.8) is 0 Å². The summed E-state index contributed by atoms with van der Waals surface area (Å²) in [4.78, 5) is 0. The van der Waals surface area contributed by atoms with Crippen LogP contribution in [0.4, 0.5) is 4.11 Å². The Hall–Kier alpha value is -1.13. The Morgan fingerprint density at radius 1 is 1.22 bits per heavy atom. The molecular weight excluding hydrogens is 307 g/mol. The van der Waals surface area contributed by atoms with E-state index < -0.39 is 8.41 Å². The number of rotatable bonds is 11. The highest BCUT2D eigenvalue weighted by Gasteiger charge is 2.35. The minimum Gasteiger partial charge on any atom is -0.497 e. The van der Waals surface area contributed by atoms with Crippen molar-refractivity contribution in [3.05, 3.63) is 42.5 Å². The number of benzene rings is 1. The third-order valence-electron chi connectivity index (χ3n) is 4.03. The highest BCUT2D eigenvalue weighted by molar-refractivity contribution is 6.71. The highest BCUT2D eigenvalue weighted by Crippen LogP contribution is 2.30. The lowest BCUT2D eigenvalue weighted by Gasteiger charge is -2.30. The molecule has 0 amide bonds. The molecule has 0 aliphatic carbocycles. The van der Waals surface area contributed by atoms with E-state index in [2.05, 4.69) is 13.5 Å². The molecule has 0 fully saturated rings. The van der Waals surface area contributed by atoms with Gasteiger partial charge in [0, 0.05) is 0 Å². The maximum atomic E-state index is 14.7. The Labute approximate surface area is 141 Å². The van der Waals surface area contributed by atoms with Crippen molar-refractivity contribution in [1.29, 1.82) is 0 Å². The molecule has 0 aromatic heterocycles. The van der Waals surface area contributed by atoms with Gasteiger partial charge < -0.3 is 13.6 Å². The SMILES string of the molecule is C=CC[C@@H](O[C@H](CCCCC)[Si](C)(C)F)c1ccc(OC)cc1. The van der Waals surface area contributed by atoms with Crippen molar-refractivity contribution < 1.29 is 13.6 Å². The molecule has 1 rings (SSSR count). The summed E-state index contributed by atoms with van der Waals surface area (Å²) in [5, 5.41) is 0. The van der Waals surface area contributed by atoms with E-state index >= 15 is 0 Å². The zero-order chi connectivity index (χ0) is 17.3. The van der Waals surface area contributed by atoms with E-state index in [4.69, 9.17) is 9.47 Å². The second kappa shape index (κ2) is 9.88. The Balaban J connectivity index is 2.85. The van der Waals surface area contributed by atoms with Crippen molar-refractivity contribution >= 4 is 8.41 Å². The number of hydrogen-bond acceptors (Lipinski definition) is 2. The van der Waals surface area contributed by atoms with Crippen LogP contribution in [-0.2, 0) is 4.74 Å². The molecule has 0 saturated heterocycles. The van der Waals surface area contributed by atoms with Crippen LogP contribution in [0.3, 0.4) is 0 Å². The van der Waals surface area contributed by atoms with E-state index in [1.807, 2.05) is 30.3 Å². The van der Waals surface area contributed by atoms with Crippen LogP contribution in [0.15, 0.2) is 36.9 Å². The molecule has 1 aromatic rings. The summed E-state index contributed by atoms with van der Waals surface area (Å²) < 4.78 is 26.1. The third-order valence-corrected chi connectivity index (χ3v) is 5.99. The molecule has 2 nitrogen and oxygen atoms in total. The van der Waals surface area contributed by atoms with Gasteiger partial charge in [-0.1, -0.05) is 44.4 Å². The second-order valence-corrected chi connectivity index (χ2v) is 10.2. The summed E-state index contributed by atoms with van der Waals surface area (Å²) in [6.07, 6.45) is 6.45. The van der Waals surface area contributed by atoms with Crippen molar-refractivity contribution in [2.24, 2.45) is 0 Å². The standard InChI is InChI=1S/C19H31FO2Si/c1-6-8-9-11-19(23(4,5)20)22-18(10-7-2)16-12-14-17(21-3)15-13-16/h7,12-15,18-19H,2,6,8-11H2,1,3-5H3/t18-,19+/m1/s1. The Kier molecular flexibility index (Phi) is 8.56. The van der Waals surface area contributed by atoms with Crippen LogP contribution in [0, 0.1) is 0 Å². The third kappa shape index (κ3) is 6.88. The smallest absolute Gasteiger partial charge is 0.269 e. The molecule has 23 heavy (non-hydrogen) atoms. The highest BCUT2D eigenvalue weighted by atomic mass is 28.4. The summed E-state index contributed by atoms with van der Waals surface area (Å²) in [6.45, 7) is 9.45. The van der Waals surface area contributed by atoms with Crippen molar-refractivity contribution in [1.82, 2.24) is 0 Å². The zero-order valence-electron chi connectivity index (χ0n) is 15.0. The lowest BCUT2D eigenvalue weighted by atomic mass is 10.1. The molecule has 0 spiro atoms. The van der Waals surface area contributed by atoms with Gasteiger partial charge in [0.1, 0.15) is 5.75 Å². The topological polar surface area (TPSA) is 18.5 Å². The molecule has 0 radical (unpaired) electrons. The minimum atomic E-state index is -2.86. The van der Waals surface area contributed by atoms with Crippen molar-refractivity contribution in [3.8, 4) is 5.75 Å². The maximum absolute atomic E-state index is 14.7. The first kappa shape index (κ1) is 19.9. The van der Waals surface area contributed by atoms with Crippen LogP contribution in [0.2, 0.25) is 13.1 Å². The van der Waals surface area contributed by atoms with Gasteiger partial charge in [-0.15, -0.1) is 6.58 Å². The molecule has 130 valence electrons. The predicted octanol–water partition coefficient (Wildman–Crippen LogP) is 5.99. The van der Waals surface area contributed by atoms with E-state index in [-0.39, 0.29) is 11.8 Å². The first-order chi connectivity index (χ1) is 10.9. The summed E-state index contributed by atoms with van der Waals surface area (Å²) >= 11 is 0. The first-order valence-corrected chi connectivity index (χ1v) is 11.5. The van der Waals surface area contributed by atoms with E-state index in [0.717, 1.165) is 37.0 Å². The van der Waals surface area contributed by atoms with E-state index in [1.54, 1.807) is 20.2 Å². The van der Waals surface area contributed by atoms with Crippen LogP contribution in [0.25, 0.3) is 0 Å². The van der Waals surface area contributed by atoms with Crippen LogP contribution in [-0.4, -0.2) is 21.2 Å². The molecule has 1 aromatic carbocycles. The fourth-order valence-corrected chi connectivity index (χ4v) is 3.97. The van der Waals surface area contributed by atoms with E-state index in [1.165, 1.54) is 0 Å². The Morgan fingerprint density at radius 3 is 2.35 bits per heavy atom. The minimum absolute atomic E-state index is 0.146. The van der Waals surface area contributed by atoms with Gasteiger partial charge in [0.05, 0.1) is 18.9 Å². The van der Waals surface area contributed by atoms with Gasteiger partial charge in [0.2, 0.25) is 0 Å². The Morgan fingerprint density at radius 2 is 1.87 bits per heavy atom. The lowest BCUT2D eigenvalue weighted by Crippen LogP contribution is -2.40. The largest absolute Gasteiger partial charge is 0.497 e. The first-order valence-electron chi connectivity index (χ1n) is 8.51. The van der Waals surface area contributed by atoms with Gasteiger partial charge in [-0.3, -0.25) is 0 Å². The van der Waals surface area contributed by atoms with Gasteiger partial charge in [-0.25, -0.2) is 0 Å². The number of hydrogen-bond donors (Lipinski definition) is 0. The average molecular weight is 339 g/mol. The molecule has 0 heterocycles. The predicted molar refractivity (Wildman–Crippen MR) is 98.2 cm³/mol. The summed E-state index contributed by atoms with van der Waals surface area (Å²) in [7, 11) is -1.21. The zero-order valence-corrected chi connectivity index (χ0v) is 16.0.